The van der Waals surface area contributed by atoms with Crippen molar-refractivity contribution < 1.29 is 19.1 Å². The molecular formula is C15H18BrN3O4. The first kappa shape index (κ1) is 17.3. The first-order valence-electron chi connectivity index (χ1n) is 7.05. The van der Waals surface area contributed by atoms with Gasteiger partial charge >= 0.3 is 12.1 Å². The molecule has 0 fully saturated rings. The molecule has 1 N–H and O–H groups in total. The Morgan fingerprint density at radius 1 is 1.35 bits per heavy atom. The van der Waals surface area contributed by atoms with Crippen molar-refractivity contribution in [2.75, 3.05) is 11.9 Å². The normalized spacial score (nSPS) is 11.3. The van der Waals surface area contributed by atoms with Crippen molar-refractivity contribution in [1.29, 1.82) is 0 Å². The number of carbonyl (C=O) groups is 2. The summed E-state index contributed by atoms with van der Waals surface area (Å²) in [5.41, 5.74) is 0.715. The number of carbonyl (C=O) groups excluding carboxylic acids is 2. The smallest absolute Gasteiger partial charge is 0.412 e. The summed E-state index contributed by atoms with van der Waals surface area (Å²) in [7, 11) is 0. The lowest BCUT2D eigenvalue weighted by atomic mass is 10.2. The van der Waals surface area contributed by atoms with Gasteiger partial charge in [0.15, 0.2) is 0 Å². The molecule has 124 valence electrons. The minimum Gasteiger partial charge on any atom is -0.462 e. The van der Waals surface area contributed by atoms with Crippen molar-refractivity contribution in [3.63, 3.8) is 0 Å². The monoisotopic (exact) mass is 383 g/mol. The number of aromatic nitrogens is 2. The van der Waals surface area contributed by atoms with Gasteiger partial charge in [-0.15, -0.1) is 0 Å². The minimum absolute atomic E-state index is 0.271. The zero-order valence-electron chi connectivity index (χ0n) is 13.3. The number of hydrogen-bond donors (Lipinski definition) is 1. The molecule has 0 radical (unpaired) electrons. The fraction of sp³-hybridized carbons (Fsp3) is 0.400. The molecule has 0 aliphatic rings. The van der Waals surface area contributed by atoms with E-state index in [4.69, 9.17) is 9.47 Å². The first-order chi connectivity index (χ1) is 10.7. The van der Waals surface area contributed by atoms with E-state index in [2.05, 4.69) is 26.3 Å². The Morgan fingerprint density at radius 3 is 2.65 bits per heavy atom. The number of halogens is 1. The van der Waals surface area contributed by atoms with Crippen LogP contribution in [0.5, 0.6) is 0 Å². The predicted molar refractivity (Wildman–Crippen MR) is 88.7 cm³/mol. The summed E-state index contributed by atoms with van der Waals surface area (Å²) in [5, 5.41) is 6.76. The number of esters is 1. The van der Waals surface area contributed by atoms with E-state index in [0.29, 0.717) is 21.4 Å². The topological polar surface area (TPSA) is 81.9 Å². The third-order valence-corrected chi connectivity index (χ3v) is 3.28. The lowest BCUT2D eigenvalue weighted by molar-refractivity contribution is 0.0527. The number of fused-ring (bicyclic) bond motifs is 1. The summed E-state index contributed by atoms with van der Waals surface area (Å²) >= 11 is 3.36. The molecule has 0 saturated heterocycles. The molecule has 0 saturated carbocycles. The lowest BCUT2D eigenvalue weighted by Crippen LogP contribution is -2.27. The van der Waals surface area contributed by atoms with Crippen LogP contribution in [-0.4, -0.2) is 33.9 Å². The molecular weight excluding hydrogens is 366 g/mol. The number of ether oxygens (including phenoxy) is 2. The van der Waals surface area contributed by atoms with Crippen LogP contribution in [0.1, 0.15) is 38.1 Å². The number of pyridine rings is 1. The Bertz CT molecular complexity index is 749. The third-order valence-electron chi connectivity index (χ3n) is 2.72. The lowest BCUT2D eigenvalue weighted by Gasteiger charge is -2.19. The first-order valence-corrected chi connectivity index (χ1v) is 7.85. The molecule has 2 aromatic rings. The van der Waals surface area contributed by atoms with Crippen LogP contribution < -0.4 is 5.32 Å². The molecule has 23 heavy (non-hydrogen) atoms. The van der Waals surface area contributed by atoms with Crippen LogP contribution in [0, 0.1) is 0 Å². The zero-order valence-corrected chi connectivity index (χ0v) is 14.9. The minimum atomic E-state index is -0.599. The van der Waals surface area contributed by atoms with Crippen molar-refractivity contribution in [3.05, 3.63) is 28.5 Å². The average molecular weight is 384 g/mol. The summed E-state index contributed by atoms with van der Waals surface area (Å²) in [5.74, 6) is -0.469. The number of rotatable bonds is 3. The van der Waals surface area contributed by atoms with E-state index in [-0.39, 0.29) is 6.61 Å². The molecule has 8 heteroatoms. The van der Waals surface area contributed by atoms with Gasteiger partial charge in [-0.2, -0.15) is 5.10 Å². The van der Waals surface area contributed by atoms with Crippen LogP contribution in [0.4, 0.5) is 10.5 Å². The number of amides is 1. The predicted octanol–water partition coefficient (Wildman–Crippen LogP) is 3.62. The van der Waals surface area contributed by atoms with Crippen LogP contribution in [0.25, 0.3) is 5.52 Å². The number of hydrogen-bond acceptors (Lipinski definition) is 5. The summed E-state index contributed by atoms with van der Waals surface area (Å²) in [6.07, 6.45) is 0.848. The van der Waals surface area contributed by atoms with Gasteiger partial charge in [0.1, 0.15) is 15.8 Å². The van der Waals surface area contributed by atoms with Gasteiger partial charge < -0.3 is 9.47 Å². The molecule has 0 bridgehead atoms. The Morgan fingerprint density at radius 2 is 2.04 bits per heavy atom. The van der Waals surface area contributed by atoms with Crippen molar-refractivity contribution in [1.82, 2.24) is 9.61 Å². The third kappa shape index (κ3) is 4.22. The Balaban J connectivity index is 2.34. The number of nitrogens with zero attached hydrogens (tertiary/aromatic N) is 2. The largest absolute Gasteiger partial charge is 0.462 e. The van der Waals surface area contributed by atoms with Gasteiger partial charge in [0.25, 0.3) is 0 Å². The van der Waals surface area contributed by atoms with Gasteiger partial charge in [-0.05, 0) is 55.8 Å². The van der Waals surface area contributed by atoms with Crippen LogP contribution >= 0.6 is 15.9 Å². The number of nitrogens with one attached hydrogen (secondary N) is 1. The van der Waals surface area contributed by atoms with Crippen LogP contribution in [-0.2, 0) is 9.47 Å². The highest BCUT2D eigenvalue weighted by molar-refractivity contribution is 9.10. The highest BCUT2D eigenvalue weighted by atomic mass is 79.9. The van der Waals surface area contributed by atoms with E-state index in [1.54, 1.807) is 39.8 Å². The van der Waals surface area contributed by atoms with E-state index in [9.17, 15) is 9.59 Å². The molecule has 2 rings (SSSR count). The van der Waals surface area contributed by atoms with Gasteiger partial charge in [-0.25, -0.2) is 14.1 Å². The molecule has 0 unspecified atom stereocenters. The molecule has 0 aliphatic heterocycles. The Hall–Kier alpha value is -2.09. The maximum absolute atomic E-state index is 11.9. The molecule has 0 spiro atoms. The van der Waals surface area contributed by atoms with Crippen LogP contribution in [0.2, 0.25) is 0 Å². The van der Waals surface area contributed by atoms with Crippen molar-refractivity contribution >= 4 is 39.2 Å². The molecule has 1 amide bonds. The summed E-state index contributed by atoms with van der Waals surface area (Å²) in [6, 6.07) is 3.30. The molecule has 7 nitrogen and oxygen atoms in total. The van der Waals surface area contributed by atoms with Gasteiger partial charge in [0, 0.05) is 5.69 Å². The summed E-state index contributed by atoms with van der Waals surface area (Å²) < 4.78 is 12.3. The Kier molecular flexibility index (Phi) is 4.93. The van der Waals surface area contributed by atoms with Crippen LogP contribution in [0.15, 0.2) is 22.9 Å². The second-order valence-electron chi connectivity index (χ2n) is 5.77. The number of anilines is 1. The SMILES string of the molecule is CCOC(=O)c1cnn2c(Br)cc(NC(=O)OC(C)(C)C)cc12. The van der Waals surface area contributed by atoms with E-state index in [0.717, 1.165) is 0 Å². The molecule has 0 aliphatic carbocycles. The second-order valence-corrected chi connectivity index (χ2v) is 6.58. The van der Waals surface area contributed by atoms with E-state index in [1.807, 2.05) is 0 Å². The Labute approximate surface area is 142 Å². The molecule has 0 atom stereocenters. The van der Waals surface area contributed by atoms with Crippen LogP contribution in [0.3, 0.4) is 0 Å². The maximum Gasteiger partial charge on any atom is 0.412 e. The fourth-order valence-electron chi connectivity index (χ4n) is 1.91. The maximum atomic E-state index is 11.9. The van der Waals surface area contributed by atoms with Crippen molar-refractivity contribution in [2.24, 2.45) is 0 Å². The summed E-state index contributed by atoms with van der Waals surface area (Å²) in [6.45, 7) is 7.34. The van der Waals surface area contributed by atoms with Gasteiger partial charge in [-0.1, -0.05) is 0 Å². The summed E-state index contributed by atoms with van der Waals surface area (Å²) in [4.78, 5) is 23.8. The fourth-order valence-corrected chi connectivity index (χ4v) is 2.43. The second kappa shape index (κ2) is 6.57. The highest BCUT2D eigenvalue weighted by Gasteiger charge is 2.19. The van der Waals surface area contributed by atoms with Gasteiger partial charge in [-0.3, -0.25) is 5.32 Å². The van der Waals surface area contributed by atoms with E-state index >= 15 is 0 Å². The standard InChI is InChI=1S/C15H18BrN3O4/c1-5-22-13(20)10-8-17-19-11(10)6-9(7-12(19)16)18-14(21)23-15(2,3)4/h6-8H,5H2,1-4H3,(H,18,21). The van der Waals surface area contributed by atoms with Crippen molar-refractivity contribution in [2.45, 2.75) is 33.3 Å². The van der Waals surface area contributed by atoms with Crippen molar-refractivity contribution in [3.8, 4) is 0 Å². The van der Waals surface area contributed by atoms with Gasteiger partial charge in [0.05, 0.1) is 18.3 Å². The van der Waals surface area contributed by atoms with Gasteiger partial charge in [0.2, 0.25) is 0 Å². The average Bonchev–Trinajstić information content (AvgIpc) is 2.80. The highest BCUT2D eigenvalue weighted by Crippen LogP contribution is 2.24. The zero-order chi connectivity index (χ0) is 17.2. The molecule has 2 heterocycles. The quantitative estimate of drug-likeness (QED) is 0.646. The molecule has 2 aromatic heterocycles. The molecule has 0 aromatic carbocycles. The van der Waals surface area contributed by atoms with E-state index in [1.165, 1.54) is 10.7 Å². The van der Waals surface area contributed by atoms with E-state index < -0.39 is 17.7 Å².